The number of aryl methyl sites for hydroxylation is 1. The second-order valence-electron chi connectivity index (χ2n) is 6.47. The molecule has 1 amide bonds. The molecule has 0 aliphatic heterocycles. The van der Waals surface area contributed by atoms with Crippen molar-refractivity contribution in [2.45, 2.75) is 11.8 Å². The van der Waals surface area contributed by atoms with Crippen LogP contribution in [0.3, 0.4) is 0 Å². The van der Waals surface area contributed by atoms with E-state index in [0.29, 0.717) is 22.7 Å². The Labute approximate surface area is 175 Å². The number of benzene rings is 3. The van der Waals surface area contributed by atoms with Gasteiger partial charge in [-0.15, -0.1) is 0 Å². The molecular weight excluding hydrogens is 404 g/mol. The summed E-state index contributed by atoms with van der Waals surface area (Å²) in [6.07, 6.45) is 0. The van der Waals surface area contributed by atoms with Gasteiger partial charge in [0.25, 0.3) is 15.9 Å². The summed E-state index contributed by atoms with van der Waals surface area (Å²) >= 11 is 0. The van der Waals surface area contributed by atoms with E-state index in [4.69, 9.17) is 9.47 Å². The van der Waals surface area contributed by atoms with Crippen LogP contribution in [0.15, 0.2) is 71.6 Å². The Morgan fingerprint density at radius 1 is 0.900 bits per heavy atom. The highest BCUT2D eigenvalue weighted by Gasteiger charge is 2.19. The highest BCUT2D eigenvalue weighted by molar-refractivity contribution is 7.92. The smallest absolute Gasteiger partial charge is 0.261 e. The molecule has 0 bridgehead atoms. The zero-order chi connectivity index (χ0) is 21.7. The molecule has 0 atom stereocenters. The number of ether oxygens (including phenoxy) is 2. The van der Waals surface area contributed by atoms with Crippen molar-refractivity contribution < 1.29 is 22.7 Å². The maximum Gasteiger partial charge on any atom is 0.261 e. The van der Waals surface area contributed by atoms with Gasteiger partial charge in [-0.3, -0.25) is 9.52 Å². The monoisotopic (exact) mass is 426 g/mol. The number of carbonyl (C=O) groups is 1. The van der Waals surface area contributed by atoms with Crippen molar-refractivity contribution in [1.82, 2.24) is 0 Å². The van der Waals surface area contributed by atoms with E-state index >= 15 is 0 Å². The van der Waals surface area contributed by atoms with Crippen molar-refractivity contribution in [2.24, 2.45) is 0 Å². The molecule has 0 spiro atoms. The Bertz CT molecular complexity index is 1180. The summed E-state index contributed by atoms with van der Waals surface area (Å²) in [4.78, 5) is 12.7. The molecule has 0 radical (unpaired) electrons. The third-order valence-electron chi connectivity index (χ3n) is 4.44. The van der Waals surface area contributed by atoms with Crippen LogP contribution in [-0.2, 0) is 10.0 Å². The number of methoxy groups -OCH3 is 2. The lowest BCUT2D eigenvalue weighted by Gasteiger charge is -2.14. The van der Waals surface area contributed by atoms with Crippen LogP contribution in [0.1, 0.15) is 15.9 Å². The van der Waals surface area contributed by atoms with Gasteiger partial charge in [-0.2, -0.15) is 0 Å². The average Bonchev–Trinajstić information content (AvgIpc) is 2.73. The first-order valence-electron chi connectivity index (χ1n) is 9.06. The molecule has 0 heterocycles. The second kappa shape index (κ2) is 8.87. The van der Waals surface area contributed by atoms with Crippen molar-refractivity contribution >= 4 is 27.3 Å². The standard InChI is InChI=1S/C22H22N2O5S/c1-15-7-4-5-10-19(15)22(25)23-20-14-18(11-12-21(20)29-3)30(26,27)24-16-8-6-9-17(13-16)28-2/h4-14,24H,1-3H3,(H,23,25). The van der Waals surface area contributed by atoms with Crippen LogP contribution in [0.2, 0.25) is 0 Å². The zero-order valence-corrected chi connectivity index (χ0v) is 17.6. The zero-order valence-electron chi connectivity index (χ0n) is 16.8. The number of nitrogens with one attached hydrogen (secondary N) is 2. The van der Waals surface area contributed by atoms with E-state index in [1.54, 1.807) is 36.4 Å². The van der Waals surface area contributed by atoms with E-state index in [0.717, 1.165) is 5.56 Å². The van der Waals surface area contributed by atoms with Gasteiger partial charge >= 0.3 is 0 Å². The minimum atomic E-state index is -3.91. The van der Waals surface area contributed by atoms with E-state index in [2.05, 4.69) is 10.0 Å². The molecule has 0 aromatic heterocycles. The summed E-state index contributed by atoms with van der Waals surface area (Å²) in [7, 11) is -0.960. The number of sulfonamides is 1. The minimum absolute atomic E-state index is 0.0220. The predicted octanol–water partition coefficient (Wildman–Crippen LogP) is 4.07. The molecule has 0 saturated carbocycles. The van der Waals surface area contributed by atoms with E-state index in [-0.39, 0.29) is 16.5 Å². The lowest BCUT2D eigenvalue weighted by atomic mass is 10.1. The predicted molar refractivity (Wildman–Crippen MR) is 116 cm³/mol. The van der Waals surface area contributed by atoms with E-state index in [9.17, 15) is 13.2 Å². The first-order valence-corrected chi connectivity index (χ1v) is 10.5. The first kappa shape index (κ1) is 21.2. The van der Waals surface area contributed by atoms with Crippen molar-refractivity contribution in [3.8, 4) is 11.5 Å². The van der Waals surface area contributed by atoms with Crippen LogP contribution in [-0.4, -0.2) is 28.5 Å². The molecule has 3 rings (SSSR count). The molecule has 3 aromatic rings. The van der Waals surface area contributed by atoms with E-state index < -0.39 is 10.0 Å². The highest BCUT2D eigenvalue weighted by Crippen LogP contribution is 2.29. The Hall–Kier alpha value is -3.52. The lowest BCUT2D eigenvalue weighted by molar-refractivity contribution is 0.102. The van der Waals surface area contributed by atoms with Gasteiger partial charge in [0.1, 0.15) is 11.5 Å². The maximum atomic E-state index is 12.9. The second-order valence-corrected chi connectivity index (χ2v) is 8.15. The molecule has 0 aliphatic carbocycles. The Morgan fingerprint density at radius 3 is 2.37 bits per heavy atom. The summed E-state index contributed by atoms with van der Waals surface area (Å²) in [5.74, 6) is 0.509. The SMILES string of the molecule is COc1cccc(NS(=O)(=O)c2ccc(OC)c(NC(=O)c3ccccc3C)c2)c1. The molecule has 0 aliphatic rings. The normalized spacial score (nSPS) is 10.9. The number of hydrogen-bond donors (Lipinski definition) is 2. The molecular formula is C22H22N2O5S. The van der Waals surface area contributed by atoms with Crippen LogP contribution < -0.4 is 19.5 Å². The van der Waals surface area contributed by atoms with Gasteiger partial charge in [0, 0.05) is 11.6 Å². The van der Waals surface area contributed by atoms with Gasteiger partial charge in [0.05, 0.1) is 30.5 Å². The van der Waals surface area contributed by atoms with Crippen LogP contribution in [0.25, 0.3) is 0 Å². The van der Waals surface area contributed by atoms with E-state index in [1.165, 1.54) is 32.4 Å². The Kier molecular flexibility index (Phi) is 6.27. The summed E-state index contributed by atoms with van der Waals surface area (Å²) in [5, 5.41) is 2.74. The lowest BCUT2D eigenvalue weighted by Crippen LogP contribution is -2.16. The van der Waals surface area contributed by atoms with Gasteiger partial charge < -0.3 is 14.8 Å². The van der Waals surface area contributed by atoms with Crippen molar-refractivity contribution in [3.63, 3.8) is 0 Å². The molecule has 0 fully saturated rings. The fourth-order valence-corrected chi connectivity index (χ4v) is 3.95. The summed E-state index contributed by atoms with van der Waals surface area (Å²) in [5.41, 5.74) is 1.90. The molecule has 156 valence electrons. The van der Waals surface area contributed by atoms with E-state index in [1.807, 2.05) is 19.1 Å². The first-order chi connectivity index (χ1) is 14.3. The maximum absolute atomic E-state index is 12.9. The number of anilines is 2. The summed E-state index contributed by atoms with van der Waals surface area (Å²) < 4.78 is 38.6. The van der Waals surface area contributed by atoms with Crippen LogP contribution in [0, 0.1) is 6.92 Å². The highest BCUT2D eigenvalue weighted by atomic mass is 32.2. The molecule has 3 aromatic carbocycles. The Balaban J connectivity index is 1.91. The number of rotatable bonds is 7. The molecule has 2 N–H and O–H groups in total. The average molecular weight is 426 g/mol. The van der Waals surface area contributed by atoms with Gasteiger partial charge in [-0.25, -0.2) is 8.42 Å². The Morgan fingerprint density at radius 2 is 1.67 bits per heavy atom. The summed E-state index contributed by atoms with van der Waals surface area (Å²) in [6, 6.07) is 18.0. The number of amides is 1. The fraction of sp³-hybridized carbons (Fsp3) is 0.136. The fourth-order valence-electron chi connectivity index (χ4n) is 2.87. The number of hydrogen-bond acceptors (Lipinski definition) is 5. The van der Waals surface area contributed by atoms with Crippen molar-refractivity contribution in [2.75, 3.05) is 24.3 Å². The molecule has 8 heteroatoms. The van der Waals surface area contributed by atoms with Crippen LogP contribution >= 0.6 is 0 Å². The van der Waals surface area contributed by atoms with Crippen LogP contribution in [0.5, 0.6) is 11.5 Å². The van der Waals surface area contributed by atoms with Gasteiger partial charge in [0.2, 0.25) is 0 Å². The molecule has 7 nitrogen and oxygen atoms in total. The number of carbonyl (C=O) groups excluding carboxylic acids is 1. The van der Waals surface area contributed by atoms with Crippen LogP contribution in [0.4, 0.5) is 11.4 Å². The van der Waals surface area contributed by atoms with Gasteiger partial charge in [-0.1, -0.05) is 24.3 Å². The quantitative estimate of drug-likeness (QED) is 0.594. The molecule has 0 unspecified atom stereocenters. The summed E-state index contributed by atoms with van der Waals surface area (Å²) in [6.45, 7) is 1.82. The largest absolute Gasteiger partial charge is 0.497 e. The molecule has 30 heavy (non-hydrogen) atoms. The topological polar surface area (TPSA) is 93.7 Å². The van der Waals surface area contributed by atoms with Crippen molar-refractivity contribution in [1.29, 1.82) is 0 Å². The minimum Gasteiger partial charge on any atom is -0.497 e. The molecule has 0 saturated heterocycles. The van der Waals surface area contributed by atoms with Gasteiger partial charge in [0.15, 0.2) is 0 Å². The third-order valence-corrected chi connectivity index (χ3v) is 5.82. The third kappa shape index (κ3) is 4.72. The van der Waals surface area contributed by atoms with Gasteiger partial charge in [-0.05, 0) is 48.9 Å². The van der Waals surface area contributed by atoms with Crippen molar-refractivity contribution in [3.05, 3.63) is 77.9 Å².